The van der Waals surface area contributed by atoms with E-state index >= 15 is 4.39 Å². The second-order valence-corrected chi connectivity index (χ2v) is 9.60. The molecule has 2 aromatic rings. The highest BCUT2D eigenvalue weighted by atomic mass is 19.1. The lowest BCUT2D eigenvalue weighted by molar-refractivity contribution is -0.140. The highest BCUT2D eigenvalue weighted by molar-refractivity contribution is 6.19. The van der Waals surface area contributed by atoms with Crippen molar-refractivity contribution in [1.82, 2.24) is 10.2 Å². The van der Waals surface area contributed by atoms with Crippen LogP contribution in [0.4, 0.5) is 15.8 Å². The van der Waals surface area contributed by atoms with E-state index in [4.69, 9.17) is 9.47 Å². The second kappa shape index (κ2) is 11.5. The summed E-state index contributed by atoms with van der Waals surface area (Å²) < 4.78 is 25.5. The topological polar surface area (TPSA) is 108 Å². The molecule has 2 aliphatic rings. The molecule has 206 valence electrons. The quantitative estimate of drug-likeness (QED) is 0.535. The highest BCUT2D eigenvalue weighted by Crippen LogP contribution is 2.32. The summed E-state index contributed by atoms with van der Waals surface area (Å²) in [7, 11) is 3.79. The number of carbonyl (C=O) groups excluding carboxylic acids is 4. The number of nitrogens with zero attached hydrogens (tertiary/aromatic N) is 3. The van der Waals surface area contributed by atoms with E-state index in [0.29, 0.717) is 48.6 Å². The molecule has 0 unspecified atom stereocenters. The summed E-state index contributed by atoms with van der Waals surface area (Å²) >= 11 is 0. The molecule has 11 heteroatoms. The van der Waals surface area contributed by atoms with E-state index in [1.807, 2.05) is 23.9 Å². The molecule has 0 aromatic heterocycles. The number of rotatable bonds is 7. The van der Waals surface area contributed by atoms with E-state index in [9.17, 15) is 19.2 Å². The Morgan fingerprint density at radius 2 is 1.74 bits per heavy atom. The molecule has 2 aromatic carbocycles. The van der Waals surface area contributed by atoms with Crippen molar-refractivity contribution in [3.63, 3.8) is 0 Å². The van der Waals surface area contributed by atoms with Crippen LogP contribution in [0.3, 0.4) is 0 Å². The highest BCUT2D eigenvalue weighted by Gasteiger charge is 2.33. The van der Waals surface area contributed by atoms with Gasteiger partial charge in [0, 0.05) is 58.5 Å². The van der Waals surface area contributed by atoms with Crippen molar-refractivity contribution in [3.8, 4) is 0 Å². The van der Waals surface area contributed by atoms with Crippen LogP contribution in [0.25, 0.3) is 5.57 Å². The van der Waals surface area contributed by atoms with Crippen molar-refractivity contribution in [2.75, 3.05) is 56.7 Å². The van der Waals surface area contributed by atoms with Gasteiger partial charge in [0.15, 0.2) is 12.8 Å². The minimum atomic E-state index is -0.874. The predicted octanol–water partition coefficient (Wildman–Crippen LogP) is 2.19. The molecular weight excluding hydrogens is 507 g/mol. The average molecular weight is 539 g/mol. The van der Waals surface area contributed by atoms with Gasteiger partial charge in [-0.1, -0.05) is 6.07 Å². The third-order valence-corrected chi connectivity index (χ3v) is 6.71. The van der Waals surface area contributed by atoms with Gasteiger partial charge in [-0.05, 0) is 48.9 Å². The van der Waals surface area contributed by atoms with Gasteiger partial charge in [-0.15, -0.1) is 0 Å². The van der Waals surface area contributed by atoms with E-state index in [0.717, 1.165) is 5.69 Å². The summed E-state index contributed by atoms with van der Waals surface area (Å²) in [6, 6.07) is 11.4. The maximum absolute atomic E-state index is 15.1. The molecule has 2 amide bonds. The lowest BCUT2D eigenvalue weighted by Gasteiger charge is -2.36. The molecule has 1 N–H and O–H groups in total. The smallest absolute Gasteiger partial charge is 0.341 e. The van der Waals surface area contributed by atoms with Gasteiger partial charge in [-0.2, -0.15) is 0 Å². The monoisotopic (exact) mass is 538 g/mol. The molecule has 1 atom stereocenters. The number of esters is 2. The number of carbonyl (C=O) groups is 4. The van der Waals surface area contributed by atoms with Crippen molar-refractivity contribution in [2.45, 2.75) is 20.1 Å². The zero-order valence-corrected chi connectivity index (χ0v) is 22.3. The van der Waals surface area contributed by atoms with E-state index in [1.54, 1.807) is 48.2 Å². The zero-order valence-electron chi connectivity index (χ0n) is 22.3. The Kier molecular flexibility index (Phi) is 8.18. The summed E-state index contributed by atoms with van der Waals surface area (Å²) in [5.41, 5.74) is 2.73. The Balaban J connectivity index is 1.32. The minimum absolute atomic E-state index is 0.220. The van der Waals surface area contributed by atoms with Crippen LogP contribution in [-0.2, 0) is 23.9 Å². The van der Waals surface area contributed by atoms with Gasteiger partial charge in [0.05, 0.1) is 16.8 Å². The van der Waals surface area contributed by atoms with Gasteiger partial charge in [0.1, 0.15) is 5.82 Å². The van der Waals surface area contributed by atoms with Crippen molar-refractivity contribution < 1.29 is 33.0 Å². The lowest BCUT2D eigenvalue weighted by Crippen LogP contribution is -2.50. The molecule has 1 saturated heterocycles. The predicted molar refractivity (Wildman–Crippen MR) is 143 cm³/mol. The maximum Gasteiger partial charge on any atom is 0.341 e. The summed E-state index contributed by atoms with van der Waals surface area (Å²) in [6.45, 7) is 4.04. The molecule has 0 saturated carbocycles. The van der Waals surface area contributed by atoms with Gasteiger partial charge in [-0.25, -0.2) is 14.0 Å². The lowest BCUT2D eigenvalue weighted by atomic mass is 10.0. The van der Waals surface area contributed by atoms with Crippen LogP contribution in [0, 0.1) is 5.82 Å². The number of benzene rings is 2. The number of nitrogens with one attached hydrogen (secondary N) is 1. The molecule has 0 aliphatic carbocycles. The molecule has 0 spiro atoms. The minimum Gasteiger partial charge on any atom is -0.452 e. The molecule has 4 rings (SSSR count). The fourth-order valence-electron chi connectivity index (χ4n) is 4.53. The number of hydrogen-bond donors (Lipinski definition) is 1. The first kappa shape index (κ1) is 27.6. The Labute approximate surface area is 225 Å². The van der Waals surface area contributed by atoms with Gasteiger partial charge >= 0.3 is 11.9 Å². The first-order valence-electron chi connectivity index (χ1n) is 12.5. The standard InChI is InChI=1S/C28H31FN4O6/c1-17-25(28(37)39-26(17)30-18(2)34)20-7-10-23(22(29)15-20)32-11-13-33(14-12-32)24(35)16-38-27(36)19-5-8-21(9-6-19)31(3)4/h5-10,15,26H,11-14,16H2,1-4H3,(H,30,34)/t26-/m1/s1. The van der Waals surface area contributed by atoms with Crippen LogP contribution >= 0.6 is 0 Å². The van der Waals surface area contributed by atoms with Gasteiger partial charge in [-0.3, -0.25) is 9.59 Å². The number of piperazine rings is 1. The second-order valence-electron chi connectivity index (χ2n) is 9.60. The molecule has 0 radical (unpaired) electrons. The third-order valence-electron chi connectivity index (χ3n) is 6.71. The number of anilines is 2. The van der Waals surface area contributed by atoms with E-state index in [1.165, 1.54) is 13.0 Å². The van der Waals surface area contributed by atoms with Crippen molar-refractivity contribution in [2.24, 2.45) is 0 Å². The van der Waals surface area contributed by atoms with Crippen LogP contribution in [0.5, 0.6) is 0 Å². The number of ether oxygens (including phenoxy) is 2. The largest absolute Gasteiger partial charge is 0.452 e. The average Bonchev–Trinajstić information content (AvgIpc) is 3.18. The van der Waals surface area contributed by atoms with Crippen LogP contribution in [0.1, 0.15) is 29.8 Å². The van der Waals surface area contributed by atoms with Crippen LogP contribution in [-0.4, -0.2) is 81.8 Å². The number of cyclic esters (lactones) is 1. The van der Waals surface area contributed by atoms with Crippen LogP contribution < -0.4 is 15.1 Å². The fraction of sp³-hybridized carbons (Fsp3) is 0.357. The third kappa shape index (κ3) is 6.19. The SMILES string of the molecule is CC(=O)N[C@@H]1OC(=O)C(c2ccc(N3CCN(C(=O)COC(=O)c4ccc(N(C)C)cc4)CC3)c(F)c2)=C1C. The Morgan fingerprint density at radius 1 is 1.08 bits per heavy atom. The number of amides is 2. The van der Waals surface area contributed by atoms with Crippen molar-refractivity contribution in [3.05, 3.63) is 65.0 Å². The first-order valence-corrected chi connectivity index (χ1v) is 12.5. The molecular formula is C28H31FN4O6. The molecule has 1 fully saturated rings. The first-order chi connectivity index (χ1) is 18.5. The van der Waals surface area contributed by atoms with Crippen molar-refractivity contribution >= 4 is 40.7 Å². The normalized spacial score (nSPS) is 17.2. The van der Waals surface area contributed by atoms with Gasteiger partial charge in [0.2, 0.25) is 5.91 Å². The number of hydrogen-bond acceptors (Lipinski definition) is 8. The van der Waals surface area contributed by atoms with E-state index < -0.39 is 24.0 Å². The molecule has 39 heavy (non-hydrogen) atoms. The van der Waals surface area contributed by atoms with Crippen LogP contribution in [0.15, 0.2) is 48.0 Å². The van der Waals surface area contributed by atoms with E-state index in [-0.39, 0.29) is 24.0 Å². The summed E-state index contributed by atoms with van der Waals surface area (Å²) in [4.78, 5) is 53.9. The summed E-state index contributed by atoms with van der Waals surface area (Å²) in [5, 5.41) is 2.54. The van der Waals surface area contributed by atoms with E-state index in [2.05, 4.69) is 5.32 Å². The Morgan fingerprint density at radius 3 is 2.33 bits per heavy atom. The number of halogens is 1. The summed E-state index contributed by atoms with van der Waals surface area (Å²) in [6.07, 6.45) is -0.874. The maximum atomic E-state index is 15.1. The molecule has 0 bridgehead atoms. The molecule has 2 heterocycles. The molecule has 2 aliphatic heterocycles. The van der Waals surface area contributed by atoms with Crippen LogP contribution in [0.2, 0.25) is 0 Å². The molecule has 10 nitrogen and oxygen atoms in total. The van der Waals surface area contributed by atoms with Gasteiger partial charge in [0.25, 0.3) is 5.91 Å². The van der Waals surface area contributed by atoms with Gasteiger partial charge < -0.3 is 29.5 Å². The Bertz CT molecular complexity index is 1320. The fourth-order valence-corrected chi connectivity index (χ4v) is 4.53. The van der Waals surface area contributed by atoms with Crippen molar-refractivity contribution in [1.29, 1.82) is 0 Å². The Hall–Kier alpha value is -4.41. The summed E-state index contributed by atoms with van der Waals surface area (Å²) in [5.74, 6) is -2.39. The zero-order chi connectivity index (χ0) is 28.3.